The van der Waals surface area contributed by atoms with Crippen LogP contribution in [0.4, 0.5) is 0 Å². The summed E-state index contributed by atoms with van der Waals surface area (Å²) in [5.41, 5.74) is 1.15. The van der Waals surface area contributed by atoms with E-state index in [2.05, 4.69) is 6.58 Å². The minimum absolute atomic E-state index is 0.0770. The van der Waals surface area contributed by atoms with Crippen molar-refractivity contribution in [3.63, 3.8) is 0 Å². The van der Waals surface area contributed by atoms with Crippen LogP contribution in [0.3, 0.4) is 0 Å². The molecule has 0 radical (unpaired) electrons. The summed E-state index contributed by atoms with van der Waals surface area (Å²) in [6.07, 6.45) is 1.57. The van der Waals surface area contributed by atoms with E-state index < -0.39 is 0 Å². The summed E-state index contributed by atoms with van der Waals surface area (Å²) < 4.78 is 0. The zero-order chi connectivity index (χ0) is 6.20. The third-order valence-electron chi connectivity index (χ3n) is 1.42. The lowest BCUT2D eigenvalue weighted by molar-refractivity contribution is 0.217. The molecule has 8 heavy (non-hydrogen) atoms. The number of allylic oxidation sites excluding steroid dienone is 1. The standard InChI is InChI=1S/C6H9ClO/c1-5-2-6(7,3-5)4-8/h8H,1-4H2. The maximum Gasteiger partial charge on any atom is 0.0750 e. The van der Waals surface area contributed by atoms with Crippen LogP contribution >= 0.6 is 11.6 Å². The van der Waals surface area contributed by atoms with E-state index in [9.17, 15) is 0 Å². The van der Waals surface area contributed by atoms with Gasteiger partial charge in [-0.3, -0.25) is 0 Å². The molecule has 1 fully saturated rings. The van der Waals surface area contributed by atoms with Crippen LogP contribution in [-0.4, -0.2) is 16.6 Å². The van der Waals surface area contributed by atoms with E-state index in [1.165, 1.54) is 0 Å². The van der Waals surface area contributed by atoms with Gasteiger partial charge in [0.05, 0.1) is 11.5 Å². The Morgan fingerprint density at radius 2 is 2.25 bits per heavy atom. The lowest BCUT2D eigenvalue weighted by Crippen LogP contribution is -2.35. The first kappa shape index (κ1) is 6.12. The molecule has 2 heteroatoms. The second-order valence-electron chi connectivity index (χ2n) is 2.41. The third-order valence-corrected chi connectivity index (χ3v) is 1.80. The smallest absolute Gasteiger partial charge is 0.0750 e. The normalized spacial score (nSPS) is 25.0. The molecule has 1 aliphatic carbocycles. The highest BCUT2D eigenvalue weighted by Gasteiger charge is 2.36. The Morgan fingerprint density at radius 3 is 2.38 bits per heavy atom. The Bertz CT molecular complexity index is 112. The summed E-state index contributed by atoms with van der Waals surface area (Å²) in [5.74, 6) is 0. The van der Waals surface area contributed by atoms with Crippen LogP contribution in [0.25, 0.3) is 0 Å². The first-order valence-corrected chi connectivity index (χ1v) is 3.00. The van der Waals surface area contributed by atoms with Crippen molar-refractivity contribution in [2.75, 3.05) is 6.61 Å². The Hall–Kier alpha value is -0.0100. The maximum absolute atomic E-state index is 8.59. The van der Waals surface area contributed by atoms with Gasteiger partial charge in [-0.25, -0.2) is 0 Å². The van der Waals surface area contributed by atoms with Crippen LogP contribution in [0.1, 0.15) is 12.8 Å². The van der Waals surface area contributed by atoms with E-state index in [1.807, 2.05) is 0 Å². The predicted molar refractivity (Wildman–Crippen MR) is 34.0 cm³/mol. The van der Waals surface area contributed by atoms with Gasteiger partial charge in [0.25, 0.3) is 0 Å². The molecule has 0 bridgehead atoms. The Morgan fingerprint density at radius 1 is 1.75 bits per heavy atom. The molecule has 1 N–H and O–H groups in total. The van der Waals surface area contributed by atoms with E-state index in [0.29, 0.717) is 0 Å². The SMILES string of the molecule is C=C1CC(Cl)(CO)C1. The molecule has 0 saturated heterocycles. The molecular weight excluding hydrogens is 124 g/mol. The zero-order valence-corrected chi connectivity index (χ0v) is 5.41. The van der Waals surface area contributed by atoms with Gasteiger partial charge in [0.2, 0.25) is 0 Å². The van der Waals surface area contributed by atoms with E-state index in [1.54, 1.807) is 0 Å². The van der Waals surface area contributed by atoms with Gasteiger partial charge >= 0.3 is 0 Å². The molecule has 0 aromatic rings. The van der Waals surface area contributed by atoms with Gasteiger partial charge in [-0.1, -0.05) is 12.2 Å². The Kier molecular flexibility index (Phi) is 1.33. The molecule has 0 heterocycles. The van der Waals surface area contributed by atoms with E-state index in [-0.39, 0.29) is 11.5 Å². The summed E-state index contributed by atoms with van der Waals surface area (Å²) in [6, 6.07) is 0. The van der Waals surface area contributed by atoms with Crippen molar-refractivity contribution >= 4 is 11.6 Å². The molecule has 0 spiro atoms. The fraction of sp³-hybridized carbons (Fsp3) is 0.667. The Labute approximate surface area is 54.0 Å². The predicted octanol–water partition coefficient (Wildman–Crippen LogP) is 1.31. The van der Waals surface area contributed by atoms with Crippen LogP contribution in [0.5, 0.6) is 0 Å². The molecule has 0 amide bonds. The summed E-state index contributed by atoms with van der Waals surface area (Å²) in [6.45, 7) is 3.79. The summed E-state index contributed by atoms with van der Waals surface area (Å²) >= 11 is 5.78. The van der Waals surface area contributed by atoms with Gasteiger partial charge in [0.15, 0.2) is 0 Å². The number of aliphatic hydroxyl groups excluding tert-OH is 1. The van der Waals surface area contributed by atoms with Gasteiger partial charge in [-0.05, 0) is 12.8 Å². The minimum Gasteiger partial charge on any atom is -0.395 e. The van der Waals surface area contributed by atoms with Crippen molar-refractivity contribution in [1.82, 2.24) is 0 Å². The second kappa shape index (κ2) is 1.74. The topological polar surface area (TPSA) is 20.2 Å². The highest BCUT2D eigenvalue weighted by molar-refractivity contribution is 6.25. The summed E-state index contributed by atoms with van der Waals surface area (Å²) in [7, 11) is 0. The summed E-state index contributed by atoms with van der Waals surface area (Å²) in [5, 5.41) is 8.59. The first-order chi connectivity index (χ1) is 3.66. The van der Waals surface area contributed by atoms with Crippen LogP contribution in [-0.2, 0) is 0 Å². The largest absolute Gasteiger partial charge is 0.395 e. The number of hydrogen-bond donors (Lipinski definition) is 1. The molecule has 1 saturated carbocycles. The second-order valence-corrected chi connectivity index (χ2v) is 3.21. The van der Waals surface area contributed by atoms with Crippen LogP contribution in [0, 0.1) is 0 Å². The number of halogens is 1. The third kappa shape index (κ3) is 0.884. The average Bonchev–Trinajstić information content (AvgIpc) is 1.63. The molecule has 0 aromatic carbocycles. The van der Waals surface area contributed by atoms with Crippen molar-refractivity contribution in [2.24, 2.45) is 0 Å². The van der Waals surface area contributed by atoms with Gasteiger partial charge in [0.1, 0.15) is 0 Å². The lowest BCUT2D eigenvalue weighted by atomic mass is 9.81. The van der Waals surface area contributed by atoms with Crippen molar-refractivity contribution in [3.8, 4) is 0 Å². The zero-order valence-electron chi connectivity index (χ0n) is 4.65. The van der Waals surface area contributed by atoms with Crippen LogP contribution in [0.15, 0.2) is 12.2 Å². The number of hydrogen-bond acceptors (Lipinski definition) is 1. The number of alkyl halides is 1. The quantitative estimate of drug-likeness (QED) is 0.421. The molecule has 1 rings (SSSR count). The van der Waals surface area contributed by atoms with E-state index in [0.717, 1.165) is 18.4 Å². The molecule has 0 atom stereocenters. The molecule has 0 aromatic heterocycles. The highest BCUT2D eigenvalue weighted by Crippen LogP contribution is 2.41. The molecule has 46 valence electrons. The molecule has 0 unspecified atom stereocenters. The number of aliphatic hydroxyl groups is 1. The maximum atomic E-state index is 8.59. The van der Waals surface area contributed by atoms with E-state index >= 15 is 0 Å². The van der Waals surface area contributed by atoms with Crippen molar-refractivity contribution < 1.29 is 5.11 Å². The molecule has 0 aliphatic heterocycles. The monoisotopic (exact) mass is 132 g/mol. The number of rotatable bonds is 1. The molecule has 1 nitrogen and oxygen atoms in total. The fourth-order valence-corrected chi connectivity index (χ4v) is 1.33. The van der Waals surface area contributed by atoms with Gasteiger partial charge < -0.3 is 5.11 Å². The molecule has 1 aliphatic rings. The van der Waals surface area contributed by atoms with Gasteiger partial charge in [0, 0.05) is 0 Å². The van der Waals surface area contributed by atoms with Gasteiger partial charge in [-0.15, -0.1) is 11.6 Å². The van der Waals surface area contributed by atoms with Crippen molar-refractivity contribution in [2.45, 2.75) is 17.7 Å². The van der Waals surface area contributed by atoms with Crippen LogP contribution in [0.2, 0.25) is 0 Å². The summed E-state index contributed by atoms with van der Waals surface area (Å²) in [4.78, 5) is -0.336. The van der Waals surface area contributed by atoms with Gasteiger partial charge in [-0.2, -0.15) is 0 Å². The highest BCUT2D eigenvalue weighted by atomic mass is 35.5. The lowest BCUT2D eigenvalue weighted by Gasteiger charge is -2.35. The van der Waals surface area contributed by atoms with Crippen molar-refractivity contribution in [1.29, 1.82) is 0 Å². The molecular formula is C6H9ClO. The Balaban J connectivity index is 2.40. The fourth-order valence-electron chi connectivity index (χ4n) is 0.956. The van der Waals surface area contributed by atoms with E-state index in [4.69, 9.17) is 16.7 Å². The first-order valence-electron chi connectivity index (χ1n) is 2.63. The minimum atomic E-state index is -0.336. The van der Waals surface area contributed by atoms with Crippen molar-refractivity contribution in [3.05, 3.63) is 12.2 Å². The van der Waals surface area contributed by atoms with Crippen LogP contribution < -0.4 is 0 Å². The average molecular weight is 133 g/mol.